The van der Waals surface area contributed by atoms with Gasteiger partial charge in [-0.25, -0.2) is 0 Å². The van der Waals surface area contributed by atoms with E-state index in [4.69, 9.17) is 4.18 Å². The van der Waals surface area contributed by atoms with Crippen LogP contribution in [0, 0.1) is 12.3 Å². The van der Waals surface area contributed by atoms with E-state index in [1.54, 1.807) is 0 Å². The van der Waals surface area contributed by atoms with Gasteiger partial charge in [-0.3, -0.25) is 4.18 Å². The molecule has 4 heteroatoms. The third-order valence-corrected chi connectivity index (χ3v) is 4.06. The van der Waals surface area contributed by atoms with E-state index in [2.05, 4.69) is 51.6 Å². The average molecular weight is 296 g/mol. The highest BCUT2D eigenvalue weighted by molar-refractivity contribution is 7.85. The van der Waals surface area contributed by atoms with Crippen molar-refractivity contribution in [2.45, 2.75) is 33.6 Å². The van der Waals surface area contributed by atoms with E-state index < -0.39 is 10.1 Å². The molecule has 1 aromatic rings. The molecule has 0 unspecified atom stereocenters. The monoisotopic (exact) mass is 296 g/mol. The highest BCUT2D eigenvalue weighted by atomic mass is 32.2. The second-order valence-electron chi connectivity index (χ2n) is 5.86. The first-order valence-corrected chi connectivity index (χ1v) is 8.54. The van der Waals surface area contributed by atoms with Gasteiger partial charge in [0.25, 0.3) is 10.1 Å². The molecule has 20 heavy (non-hydrogen) atoms. The SMILES string of the molecule is C=C(c1ccc(C)cc1)C(C)(C)CCCOS(C)(=O)=O. The van der Waals surface area contributed by atoms with Gasteiger partial charge >= 0.3 is 0 Å². The van der Waals surface area contributed by atoms with Gasteiger partial charge < -0.3 is 0 Å². The van der Waals surface area contributed by atoms with Crippen molar-refractivity contribution in [2.24, 2.45) is 5.41 Å². The van der Waals surface area contributed by atoms with Gasteiger partial charge in [-0.15, -0.1) is 0 Å². The van der Waals surface area contributed by atoms with Crippen molar-refractivity contribution in [2.75, 3.05) is 12.9 Å². The summed E-state index contributed by atoms with van der Waals surface area (Å²) in [6.07, 6.45) is 2.59. The van der Waals surface area contributed by atoms with Crippen LogP contribution in [0.15, 0.2) is 30.8 Å². The zero-order valence-corrected chi connectivity index (χ0v) is 13.6. The molecule has 0 aliphatic rings. The van der Waals surface area contributed by atoms with E-state index in [1.807, 2.05) is 0 Å². The highest BCUT2D eigenvalue weighted by Crippen LogP contribution is 2.37. The van der Waals surface area contributed by atoms with Gasteiger partial charge in [0.1, 0.15) is 0 Å². The molecule has 0 saturated heterocycles. The van der Waals surface area contributed by atoms with Crippen LogP contribution >= 0.6 is 0 Å². The molecule has 0 spiro atoms. The molecule has 0 saturated carbocycles. The largest absolute Gasteiger partial charge is 0.270 e. The molecular weight excluding hydrogens is 272 g/mol. The first kappa shape index (κ1) is 16.9. The van der Waals surface area contributed by atoms with Crippen LogP contribution in [0.25, 0.3) is 5.57 Å². The molecule has 0 N–H and O–H groups in total. The van der Waals surface area contributed by atoms with Gasteiger partial charge in [0.15, 0.2) is 0 Å². The summed E-state index contributed by atoms with van der Waals surface area (Å²) >= 11 is 0. The average Bonchev–Trinajstić information content (AvgIpc) is 2.34. The van der Waals surface area contributed by atoms with Gasteiger partial charge in [0.2, 0.25) is 0 Å². The number of hydrogen-bond acceptors (Lipinski definition) is 3. The molecular formula is C16H24O3S. The molecule has 0 amide bonds. The summed E-state index contributed by atoms with van der Waals surface area (Å²) in [5.41, 5.74) is 3.33. The van der Waals surface area contributed by atoms with Crippen LogP contribution in [0.2, 0.25) is 0 Å². The second-order valence-corrected chi connectivity index (χ2v) is 7.50. The van der Waals surface area contributed by atoms with Crippen LogP contribution in [-0.2, 0) is 14.3 Å². The van der Waals surface area contributed by atoms with Gasteiger partial charge in [0.05, 0.1) is 12.9 Å². The van der Waals surface area contributed by atoms with Crippen molar-refractivity contribution in [3.05, 3.63) is 42.0 Å². The Morgan fingerprint density at radius 3 is 2.30 bits per heavy atom. The molecule has 3 nitrogen and oxygen atoms in total. The minimum atomic E-state index is -3.34. The quantitative estimate of drug-likeness (QED) is 0.568. The van der Waals surface area contributed by atoms with Crippen LogP contribution in [0.4, 0.5) is 0 Å². The zero-order valence-electron chi connectivity index (χ0n) is 12.8. The Balaban J connectivity index is 2.59. The maximum absolute atomic E-state index is 10.9. The van der Waals surface area contributed by atoms with Gasteiger partial charge in [-0.05, 0) is 36.3 Å². The summed E-state index contributed by atoms with van der Waals surface area (Å²) in [7, 11) is -3.34. The molecule has 0 aliphatic carbocycles. The predicted octanol–water partition coefficient (Wildman–Crippen LogP) is 3.79. The molecule has 1 rings (SSSR count). The Morgan fingerprint density at radius 1 is 1.25 bits per heavy atom. The molecule has 0 bridgehead atoms. The van der Waals surface area contributed by atoms with E-state index in [1.165, 1.54) is 5.56 Å². The van der Waals surface area contributed by atoms with Crippen LogP contribution in [0.3, 0.4) is 0 Å². The lowest BCUT2D eigenvalue weighted by atomic mass is 9.77. The lowest BCUT2D eigenvalue weighted by Crippen LogP contribution is -2.15. The third kappa shape index (κ3) is 5.47. The van der Waals surface area contributed by atoms with E-state index in [0.29, 0.717) is 6.42 Å². The Bertz CT molecular complexity index is 554. The Hall–Kier alpha value is -1.13. The van der Waals surface area contributed by atoms with Crippen molar-refractivity contribution < 1.29 is 12.6 Å². The zero-order chi connectivity index (χ0) is 15.4. The first-order valence-electron chi connectivity index (χ1n) is 6.73. The molecule has 0 aromatic heterocycles. The Labute approximate surface area is 122 Å². The van der Waals surface area contributed by atoms with Gasteiger partial charge in [-0.2, -0.15) is 8.42 Å². The minimum Gasteiger partial charge on any atom is -0.270 e. The van der Waals surface area contributed by atoms with E-state index >= 15 is 0 Å². The maximum Gasteiger partial charge on any atom is 0.264 e. The van der Waals surface area contributed by atoms with Crippen molar-refractivity contribution >= 4 is 15.7 Å². The summed E-state index contributed by atoms with van der Waals surface area (Å²) in [5, 5.41) is 0. The number of benzene rings is 1. The van der Waals surface area contributed by atoms with Crippen molar-refractivity contribution in [1.29, 1.82) is 0 Å². The normalized spacial score (nSPS) is 12.4. The molecule has 0 aliphatic heterocycles. The van der Waals surface area contributed by atoms with E-state index in [-0.39, 0.29) is 12.0 Å². The van der Waals surface area contributed by atoms with Crippen LogP contribution in [-0.4, -0.2) is 21.3 Å². The molecule has 112 valence electrons. The molecule has 0 fully saturated rings. The number of aryl methyl sites for hydroxylation is 1. The van der Waals surface area contributed by atoms with E-state index in [0.717, 1.165) is 23.8 Å². The van der Waals surface area contributed by atoms with Gasteiger partial charge in [-0.1, -0.05) is 50.3 Å². The summed E-state index contributed by atoms with van der Waals surface area (Å²) in [6, 6.07) is 8.30. The van der Waals surface area contributed by atoms with E-state index in [9.17, 15) is 8.42 Å². The van der Waals surface area contributed by atoms with Crippen molar-refractivity contribution in [3.63, 3.8) is 0 Å². The second kappa shape index (κ2) is 6.55. The lowest BCUT2D eigenvalue weighted by Gasteiger charge is -2.27. The third-order valence-electron chi connectivity index (χ3n) is 3.46. The lowest BCUT2D eigenvalue weighted by molar-refractivity contribution is 0.290. The molecule has 0 atom stereocenters. The standard InChI is InChI=1S/C16H24O3S/c1-13-7-9-15(10-8-13)14(2)16(3,4)11-6-12-19-20(5,17)18/h7-10H,2,6,11-12H2,1,3-5H3. The van der Waals surface area contributed by atoms with Crippen LogP contribution in [0.1, 0.15) is 37.8 Å². The van der Waals surface area contributed by atoms with Crippen molar-refractivity contribution in [3.8, 4) is 0 Å². The maximum atomic E-state index is 10.9. The van der Waals surface area contributed by atoms with Crippen LogP contribution in [0.5, 0.6) is 0 Å². The number of rotatable bonds is 7. The summed E-state index contributed by atoms with van der Waals surface area (Å²) in [4.78, 5) is 0. The Kier molecular flexibility index (Phi) is 5.54. The molecule has 0 radical (unpaired) electrons. The van der Waals surface area contributed by atoms with Crippen molar-refractivity contribution in [1.82, 2.24) is 0 Å². The molecule has 0 heterocycles. The van der Waals surface area contributed by atoms with Crippen LogP contribution < -0.4 is 0 Å². The smallest absolute Gasteiger partial charge is 0.264 e. The fraction of sp³-hybridized carbons (Fsp3) is 0.500. The summed E-state index contributed by atoms with van der Waals surface area (Å²) in [6.45, 7) is 10.7. The fourth-order valence-corrected chi connectivity index (χ4v) is 2.44. The minimum absolute atomic E-state index is 0.0872. The summed E-state index contributed by atoms with van der Waals surface area (Å²) in [5.74, 6) is 0. The molecule has 1 aromatic carbocycles. The van der Waals surface area contributed by atoms with Gasteiger partial charge in [0, 0.05) is 0 Å². The number of hydrogen-bond donors (Lipinski definition) is 0. The Morgan fingerprint density at radius 2 is 1.80 bits per heavy atom. The highest BCUT2D eigenvalue weighted by Gasteiger charge is 2.22. The fourth-order valence-electron chi connectivity index (χ4n) is 2.02. The predicted molar refractivity (Wildman–Crippen MR) is 84.0 cm³/mol. The topological polar surface area (TPSA) is 43.4 Å². The summed E-state index contributed by atoms with van der Waals surface area (Å²) < 4.78 is 26.6. The number of allylic oxidation sites excluding steroid dienone is 1. The first-order chi connectivity index (χ1) is 9.12.